The normalized spacial score (nSPS) is 9.80. The largest absolute Gasteiger partial charge is 0.427 e. The van der Waals surface area contributed by atoms with Crippen molar-refractivity contribution >= 4 is 22.6 Å². The van der Waals surface area contributed by atoms with Gasteiger partial charge in [0, 0.05) is 3.57 Å². The van der Waals surface area contributed by atoms with E-state index in [4.69, 9.17) is 10.6 Å². The lowest BCUT2D eigenvalue weighted by Crippen LogP contribution is -2.19. The van der Waals surface area contributed by atoms with Crippen molar-refractivity contribution in [2.24, 2.45) is 0 Å². The lowest BCUT2D eigenvalue weighted by molar-refractivity contribution is 0.163. The Kier molecular flexibility index (Phi) is 1.98. The van der Waals surface area contributed by atoms with Gasteiger partial charge < -0.3 is 5.21 Å². The van der Waals surface area contributed by atoms with Crippen molar-refractivity contribution in [3.05, 3.63) is 26.9 Å². The fraction of sp³-hybridized carbons (Fsp3) is 0.167. The molecule has 0 unspecified atom stereocenters. The Hall–Kier alpha value is -0.520. The van der Waals surface area contributed by atoms with Crippen molar-refractivity contribution < 1.29 is 5.21 Å². The zero-order chi connectivity index (χ0) is 7.72. The number of nitrogens with zero attached hydrogens (tertiary/aromatic N) is 1. The minimum atomic E-state index is 0.109. The lowest BCUT2D eigenvalue weighted by atomic mass is 10.4. The fourth-order valence-corrected chi connectivity index (χ4v) is 1.03. The molecule has 0 aromatic carbocycles. The molecule has 0 bridgehead atoms. The molecule has 0 atom stereocenters. The zero-order valence-corrected chi connectivity index (χ0v) is 7.58. The number of nitrogens with one attached hydrogen (secondary N) is 1. The van der Waals surface area contributed by atoms with Gasteiger partial charge in [-0.05, 0) is 41.6 Å². The van der Waals surface area contributed by atoms with Crippen LogP contribution in [0, 0.1) is 15.9 Å². The molecule has 0 aliphatic heterocycles. The Morgan fingerprint density at radius 3 is 2.70 bits per heavy atom. The van der Waals surface area contributed by atoms with Gasteiger partial charge >= 0.3 is 0 Å². The van der Waals surface area contributed by atoms with Gasteiger partial charge in [0.15, 0.2) is 5.49 Å². The van der Waals surface area contributed by atoms with Gasteiger partial charge in [-0.2, -0.15) is 4.73 Å². The topological polar surface area (TPSA) is 49.0 Å². The molecule has 2 N–H and O–H groups in total. The van der Waals surface area contributed by atoms with E-state index in [9.17, 15) is 0 Å². The van der Waals surface area contributed by atoms with E-state index in [1.54, 1.807) is 19.1 Å². The number of rotatable bonds is 0. The summed E-state index contributed by atoms with van der Waals surface area (Å²) in [5, 5.41) is 16.3. The molecule has 4 heteroatoms. The molecule has 0 amide bonds. The number of hydrogen-bond donors (Lipinski definition) is 2. The Labute approximate surface area is 71.9 Å². The van der Waals surface area contributed by atoms with Gasteiger partial charge in [0.1, 0.15) is 0 Å². The molecular weight excluding hydrogens is 243 g/mol. The number of pyridine rings is 1. The first kappa shape index (κ1) is 7.59. The van der Waals surface area contributed by atoms with Gasteiger partial charge in [-0.15, -0.1) is 0 Å². The van der Waals surface area contributed by atoms with Crippen molar-refractivity contribution in [3.8, 4) is 0 Å². The first-order valence-corrected chi connectivity index (χ1v) is 3.83. The lowest BCUT2D eigenvalue weighted by Gasteiger charge is -2.02. The first-order valence-electron chi connectivity index (χ1n) is 2.75. The molecule has 54 valence electrons. The van der Waals surface area contributed by atoms with Gasteiger partial charge in [0.2, 0.25) is 0 Å². The Morgan fingerprint density at radius 2 is 2.20 bits per heavy atom. The third-order valence-corrected chi connectivity index (χ3v) is 2.42. The van der Waals surface area contributed by atoms with Crippen molar-refractivity contribution in [1.29, 1.82) is 5.41 Å². The molecular formula is C6H7IN2O. The highest BCUT2D eigenvalue weighted by atomic mass is 127. The van der Waals surface area contributed by atoms with Crippen LogP contribution in [0.15, 0.2) is 12.1 Å². The summed E-state index contributed by atoms with van der Waals surface area (Å²) in [5.74, 6) is 0. The molecule has 0 aliphatic carbocycles. The first-order chi connectivity index (χ1) is 4.63. The minimum Gasteiger partial charge on any atom is -0.427 e. The van der Waals surface area contributed by atoms with E-state index in [0.717, 1.165) is 8.30 Å². The summed E-state index contributed by atoms with van der Waals surface area (Å²) in [6.45, 7) is 1.76. The van der Waals surface area contributed by atoms with Crippen LogP contribution in [0.5, 0.6) is 0 Å². The smallest absolute Gasteiger partial charge is 0.160 e. The average Bonchev–Trinajstić information content (AvgIpc) is 1.93. The predicted octanol–water partition coefficient (Wildman–Crippen LogP) is 1.12. The van der Waals surface area contributed by atoms with E-state index in [1.165, 1.54) is 0 Å². The average molecular weight is 250 g/mol. The maximum atomic E-state index is 9.11. The minimum absolute atomic E-state index is 0.109. The maximum absolute atomic E-state index is 9.11. The van der Waals surface area contributed by atoms with E-state index < -0.39 is 0 Å². The summed E-state index contributed by atoms with van der Waals surface area (Å²) in [4.78, 5) is 0. The van der Waals surface area contributed by atoms with Gasteiger partial charge in [-0.3, -0.25) is 5.41 Å². The molecule has 0 fully saturated rings. The highest BCUT2D eigenvalue weighted by Crippen LogP contribution is 2.05. The van der Waals surface area contributed by atoms with Crippen molar-refractivity contribution in [2.45, 2.75) is 6.92 Å². The zero-order valence-electron chi connectivity index (χ0n) is 5.43. The SMILES string of the molecule is Cc1c(I)ccc(=N)n1O. The summed E-state index contributed by atoms with van der Waals surface area (Å²) < 4.78 is 1.82. The van der Waals surface area contributed by atoms with Gasteiger partial charge in [-0.1, -0.05) is 0 Å². The second kappa shape index (κ2) is 2.61. The summed E-state index contributed by atoms with van der Waals surface area (Å²) in [7, 11) is 0. The van der Waals surface area contributed by atoms with E-state index in [1.807, 2.05) is 0 Å². The Morgan fingerprint density at radius 1 is 1.60 bits per heavy atom. The maximum Gasteiger partial charge on any atom is 0.160 e. The molecule has 1 rings (SSSR count). The van der Waals surface area contributed by atoms with Crippen LogP contribution >= 0.6 is 22.6 Å². The Bertz CT molecular complexity index is 305. The highest BCUT2D eigenvalue weighted by Gasteiger charge is 1.97. The molecule has 0 saturated carbocycles. The molecule has 1 heterocycles. The molecule has 1 aromatic rings. The predicted molar refractivity (Wildman–Crippen MR) is 44.9 cm³/mol. The molecule has 0 aliphatic rings. The van der Waals surface area contributed by atoms with E-state index >= 15 is 0 Å². The van der Waals surface area contributed by atoms with Crippen LogP contribution in [0.3, 0.4) is 0 Å². The van der Waals surface area contributed by atoms with Crippen LogP contribution in [-0.2, 0) is 0 Å². The Balaban J connectivity index is 3.49. The summed E-state index contributed by atoms with van der Waals surface area (Å²) in [6.07, 6.45) is 0. The summed E-state index contributed by atoms with van der Waals surface area (Å²) in [5.41, 5.74) is 0.811. The third kappa shape index (κ3) is 1.16. The van der Waals surface area contributed by atoms with Gasteiger partial charge in [-0.25, -0.2) is 0 Å². The molecule has 0 radical (unpaired) electrons. The number of aromatic nitrogens is 1. The van der Waals surface area contributed by atoms with Crippen LogP contribution in [0.25, 0.3) is 0 Å². The van der Waals surface area contributed by atoms with Crippen molar-refractivity contribution in [3.63, 3.8) is 0 Å². The van der Waals surface area contributed by atoms with Crippen LogP contribution < -0.4 is 5.49 Å². The second-order valence-electron chi connectivity index (χ2n) is 1.96. The van der Waals surface area contributed by atoms with Gasteiger partial charge in [0.25, 0.3) is 0 Å². The van der Waals surface area contributed by atoms with Crippen molar-refractivity contribution in [2.75, 3.05) is 0 Å². The number of hydrogen-bond acceptors (Lipinski definition) is 2. The van der Waals surface area contributed by atoms with E-state index in [2.05, 4.69) is 22.6 Å². The molecule has 10 heavy (non-hydrogen) atoms. The summed E-state index contributed by atoms with van der Waals surface area (Å²) >= 11 is 2.10. The molecule has 1 aromatic heterocycles. The summed E-state index contributed by atoms with van der Waals surface area (Å²) in [6, 6.07) is 3.35. The van der Waals surface area contributed by atoms with Crippen LogP contribution in [0.1, 0.15) is 5.69 Å². The van der Waals surface area contributed by atoms with Gasteiger partial charge in [0.05, 0.1) is 5.69 Å². The fourth-order valence-electron chi connectivity index (χ4n) is 0.625. The molecule has 0 spiro atoms. The number of halogens is 1. The van der Waals surface area contributed by atoms with E-state index in [-0.39, 0.29) is 5.49 Å². The molecule has 3 nitrogen and oxygen atoms in total. The molecule has 0 saturated heterocycles. The quantitative estimate of drug-likeness (QED) is 0.526. The van der Waals surface area contributed by atoms with Crippen molar-refractivity contribution in [1.82, 2.24) is 4.73 Å². The van der Waals surface area contributed by atoms with Crippen LogP contribution in [0.4, 0.5) is 0 Å². The van der Waals surface area contributed by atoms with Crippen LogP contribution in [0.2, 0.25) is 0 Å². The monoisotopic (exact) mass is 250 g/mol. The third-order valence-electron chi connectivity index (χ3n) is 1.28. The van der Waals surface area contributed by atoms with Crippen LogP contribution in [-0.4, -0.2) is 9.94 Å². The highest BCUT2D eigenvalue weighted by molar-refractivity contribution is 14.1. The van der Waals surface area contributed by atoms with E-state index in [0.29, 0.717) is 5.69 Å². The second-order valence-corrected chi connectivity index (χ2v) is 3.13. The standard InChI is InChI=1S/C6H7IN2O/c1-4-5(7)2-3-6(8)9(4)10/h2-3,8,10H,1H3.